The van der Waals surface area contributed by atoms with Crippen LogP contribution in [0.4, 0.5) is 10.5 Å². The fourth-order valence-corrected chi connectivity index (χ4v) is 3.56. The van der Waals surface area contributed by atoms with Crippen molar-refractivity contribution in [3.63, 3.8) is 0 Å². The third-order valence-electron chi connectivity index (χ3n) is 4.69. The molecule has 1 saturated carbocycles. The predicted octanol–water partition coefficient (Wildman–Crippen LogP) is 2.26. The van der Waals surface area contributed by atoms with E-state index in [0.29, 0.717) is 24.9 Å². The molecule has 1 aromatic rings. The highest BCUT2D eigenvalue weighted by Crippen LogP contribution is 2.47. The zero-order chi connectivity index (χ0) is 16.0. The van der Waals surface area contributed by atoms with Gasteiger partial charge in [-0.1, -0.05) is 0 Å². The summed E-state index contributed by atoms with van der Waals surface area (Å²) >= 11 is 0. The minimum Gasteiger partial charge on any atom is -0.428 e. The van der Waals surface area contributed by atoms with E-state index in [1.165, 1.54) is 24.3 Å². The molecule has 4 rings (SSSR count). The van der Waals surface area contributed by atoms with Gasteiger partial charge in [-0.3, -0.25) is 10.1 Å². The van der Waals surface area contributed by atoms with E-state index in [1.807, 2.05) is 0 Å². The van der Waals surface area contributed by atoms with E-state index in [2.05, 4.69) is 0 Å². The Morgan fingerprint density at radius 3 is 2.78 bits per heavy atom. The minimum atomic E-state index is -0.824. The smallest absolute Gasteiger partial charge is 0.428 e. The number of carbonyl (C=O) groups is 1. The number of hydrogen-bond donors (Lipinski definition) is 0. The molecule has 3 fully saturated rings. The molecule has 8 nitrogen and oxygen atoms in total. The number of benzene rings is 1. The molecule has 0 amide bonds. The highest BCUT2D eigenvalue weighted by molar-refractivity contribution is 5.64. The molecule has 2 heterocycles. The number of ether oxygens (including phenoxy) is 4. The van der Waals surface area contributed by atoms with Crippen molar-refractivity contribution in [1.82, 2.24) is 0 Å². The number of nitro groups is 1. The second kappa shape index (κ2) is 5.47. The molecule has 0 radical (unpaired) electrons. The molecule has 2 bridgehead atoms. The van der Waals surface area contributed by atoms with Gasteiger partial charge in [0.05, 0.1) is 17.6 Å². The Kier molecular flexibility index (Phi) is 3.42. The Balaban J connectivity index is 1.36. The van der Waals surface area contributed by atoms with Gasteiger partial charge in [0.15, 0.2) is 6.29 Å². The van der Waals surface area contributed by atoms with Crippen LogP contribution in [0.3, 0.4) is 0 Å². The summed E-state index contributed by atoms with van der Waals surface area (Å²) in [4.78, 5) is 22.0. The highest BCUT2D eigenvalue weighted by atomic mass is 16.7. The van der Waals surface area contributed by atoms with E-state index in [-0.39, 0.29) is 29.9 Å². The summed E-state index contributed by atoms with van der Waals surface area (Å²) in [6.07, 6.45) is 0.0759. The SMILES string of the molecule is O=C(Oc1ccc([N+](=O)[O-])cc1)O[C@H]1C[C@H]2CO[C@H]3OC1C[C@@H]23. The van der Waals surface area contributed by atoms with Gasteiger partial charge in [0.2, 0.25) is 0 Å². The second-order valence-electron chi connectivity index (χ2n) is 6.03. The van der Waals surface area contributed by atoms with Gasteiger partial charge in [-0.25, -0.2) is 4.79 Å². The van der Waals surface area contributed by atoms with Gasteiger partial charge in [-0.2, -0.15) is 0 Å². The zero-order valence-corrected chi connectivity index (χ0v) is 12.1. The van der Waals surface area contributed by atoms with Gasteiger partial charge in [0.25, 0.3) is 5.69 Å². The van der Waals surface area contributed by atoms with E-state index in [9.17, 15) is 14.9 Å². The monoisotopic (exact) mass is 321 g/mol. The van der Waals surface area contributed by atoms with E-state index in [4.69, 9.17) is 18.9 Å². The molecule has 3 aliphatic rings. The normalized spacial score (nSPS) is 34.2. The van der Waals surface area contributed by atoms with E-state index in [0.717, 1.165) is 6.42 Å². The molecule has 1 unspecified atom stereocenters. The van der Waals surface area contributed by atoms with E-state index < -0.39 is 11.1 Å². The van der Waals surface area contributed by atoms with Crippen molar-refractivity contribution in [3.05, 3.63) is 34.4 Å². The summed E-state index contributed by atoms with van der Waals surface area (Å²) in [6.45, 7) is 0.638. The van der Waals surface area contributed by atoms with Crippen molar-refractivity contribution in [2.75, 3.05) is 6.61 Å². The quantitative estimate of drug-likeness (QED) is 0.364. The fourth-order valence-electron chi connectivity index (χ4n) is 3.56. The Morgan fingerprint density at radius 2 is 2.04 bits per heavy atom. The minimum absolute atomic E-state index is 0.0700. The summed E-state index contributed by atoms with van der Waals surface area (Å²) in [7, 11) is 0. The van der Waals surface area contributed by atoms with Crippen molar-refractivity contribution in [1.29, 1.82) is 0 Å². The lowest BCUT2D eigenvalue weighted by Crippen LogP contribution is -2.38. The molecule has 0 spiro atoms. The molecule has 1 aromatic carbocycles. The molecule has 122 valence electrons. The first-order valence-electron chi connectivity index (χ1n) is 7.50. The maximum atomic E-state index is 11.9. The van der Waals surface area contributed by atoms with Crippen LogP contribution < -0.4 is 4.74 Å². The third kappa shape index (κ3) is 2.64. The van der Waals surface area contributed by atoms with Crippen molar-refractivity contribution in [2.45, 2.75) is 31.3 Å². The van der Waals surface area contributed by atoms with Gasteiger partial charge in [-0.15, -0.1) is 0 Å². The number of non-ortho nitro benzene ring substituents is 1. The van der Waals surface area contributed by atoms with Crippen LogP contribution in [0, 0.1) is 22.0 Å². The first-order chi connectivity index (χ1) is 11.1. The standard InChI is InChI=1S/C15H15NO7/c17-15(21-10-3-1-9(2-4-10)16(18)19)23-12-5-8-7-20-14-11(8)6-13(12)22-14/h1-4,8,11-14H,5-7H2/t8-,11-,12-,13?,14-/m0/s1. The maximum Gasteiger partial charge on any atom is 0.514 e. The molecule has 8 heteroatoms. The van der Waals surface area contributed by atoms with Crippen molar-refractivity contribution < 1.29 is 28.7 Å². The van der Waals surface area contributed by atoms with Gasteiger partial charge in [0, 0.05) is 18.1 Å². The lowest BCUT2D eigenvalue weighted by molar-refractivity contribution is -0.384. The summed E-state index contributed by atoms with van der Waals surface area (Å²) < 4.78 is 21.7. The van der Waals surface area contributed by atoms with E-state index >= 15 is 0 Å². The summed E-state index contributed by atoms with van der Waals surface area (Å²) in [5.41, 5.74) is -0.0700. The van der Waals surface area contributed by atoms with Crippen LogP contribution in [0.15, 0.2) is 24.3 Å². The van der Waals surface area contributed by atoms with E-state index in [1.54, 1.807) is 0 Å². The number of fused-ring (bicyclic) bond motifs is 1. The van der Waals surface area contributed by atoms with Crippen molar-refractivity contribution in [3.8, 4) is 5.75 Å². The zero-order valence-electron chi connectivity index (χ0n) is 12.1. The van der Waals surface area contributed by atoms with Crippen molar-refractivity contribution >= 4 is 11.8 Å². The largest absolute Gasteiger partial charge is 0.514 e. The number of nitro benzene ring substituents is 1. The van der Waals surface area contributed by atoms with Crippen LogP contribution in [0.25, 0.3) is 0 Å². The highest BCUT2D eigenvalue weighted by Gasteiger charge is 2.54. The summed E-state index contributed by atoms with van der Waals surface area (Å²) in [5, 5.41) is 10.6. The maximum absolute atomic E-state index is 11.9. The third-order valence-corrected chi connectivity index (χ3v) is 4.69. The average Bonchev–Trinajstić information content (AvgIpc) is 3.06. The number of rotatable bonds is 3. The first kappa shape index (κ1) is 14.4. The molecule has 1 aliphatic carbocycles. The lowest BCUT2D eigenvalue weighted by Gasteiger charge is -2.30. The fraction of sp³-hybridized carbons (Fsp3) is 0.533. The van der Waals surface area contributed by atoms with Crippen LogP contribution in [0.1, 0.15) is 12.8 Å². The topological polar surface area (TPSA) is 97.1 Å². The van der Waals surface area contributed by atoms with Gasteiger partial charge in [0.1, 0.15) is 11.9 Å². The van der Waals surface area contributed by atoms with Gasteiger partial charge in [-0.05, 0) is 30.9 Å². The molecule has 23 heavy (non-hydrogen) atoms. The number of hydrogen-bond acceptors (Lipinski definition) is 7. The van der Waals surface area contributed by atoms with Gasteiger partial charge < -0.3 is 18.9 Å². The predicted molar refractivity (Wildman–Crippen MR) is 74.8 cm³/mol. The van der Waals surface area contributed by atoms with Crippen LogP contribution in [-0.4, -0.2) is 36.2 Å². The van der Waals surface area contributed by atoms with Crippen molar-refractivity contribution in [2.24, 2.45) is 11.8 Å². The van der Waals surface area contributed by atoms with Crippen LogP contribution >= 0.6 is 0 Å². The molecule has 2 saturated heterocycles. The molecular formula is C15H15NO7. The second-order valence-corrected chi connectivity index (χ2v) is 6.03. The Bertz CT molecular complexity index is 629. The Morgan fingerprint density at radius 1 is 1.26 bits per heavy atom. The number of carbonyl (C=O) groups excluding carboxylic acids is 1. The molecule has 2 aliphatic heterocycles. The summed E-state index contributed by atoms with van der Waals surface area (Å²) in [6, 6.07) is 5.25. The molecular weight excluding hydrogens is 306 g/mol. The van der Waals surface area contributed by atoms with Gasteiger partial charge >= 0.3 is 6.16 Å². The Hall–Kier alpha value is -2.19. The van der Waals surface area contributed by atoms with Crippen LogP contribution in [0.5, 0.6) is 5.75 Å². The summed E-state index contributed by atoms with van der Waals surface area (Å²) in [5.74, 6) is 0.966. The molecule has 5 atom stereocenters. The molecule has 0 N–H and O–H groups in total. The Labute approximate surface area is 131 Å². The average molecular weight is 321 g/mol. The number of nitrogens with zero attached hydrogens (tertiary/aromatic N) is 1. The van der Waals surface area contributed by atoms with Crippen LogP contribution in [-0.2, 0) is 14.2 Å². The lowest BCUT2D eigenvalue weighted by atomic mass is 9.80. The van der Waals surface area contributed by atoms with Crippen LogP contribution in [0.2, 0.25) is 0 Å². The first-order valence-corrected chi connectivity index (χ1v) is 7.50. The molecule has 0 aromatic heterocycles.